The maximum atomic E-state index is 4.54. The summed E-state index contributed by atoms with van der Waals surface area (Å²) >= 11 is 1.94. The molecule has 2 heterocycles. The second-order valence-corrected chi connectivity index (χ2v) is 5.69. The molecule has 0 aromatic heterocycles. The molecule has 2 aliphatic rings. The minimum Gasteiger partial charge on any atom is -0.348 e. The smallest absolute Gasteiger partial charge is 0.160 e. The van der Waals surface area contributed by atoms with Crippen LogP contribution in [-0.2, 0) is 0 Å². The molecule has 2 nitrogen and oxygen atoms in total. The van der Waals surface area contributed by atoms with Crippen LogP contribution in [0.5, 0.6) is 0 Å². The Morgan fingerprint density at radius 1 is 1.31 bits per heavy atom. The highest BCUT2D eigenvalue weighted by Gasteiger charge is 2.33. The molecule has 1 aromatic carbocycles. The van der Waals surface area contributed by atoms with Gasteiger partial charge in [-0.3, -0.25) is 4.99 Å². The van der Waals surface area contributed by atoms with Gasteiger partial charge in [0.1, 0.15) is 0 Å². The fourth-order valence-electron chi connectivity index (χ4n) is 2.59. The molecule has 0 bridgehead atoms. The monoisotopic (exact) mass is 232 g/mol. The molecule has 0 saturated carbocycles. The fourth-order valence-corrected chi connectivity index (χ4v) is 4.07. The minimum absolute atomic E-state index is 0.584. The zero-order valence-electron chi connectivity index (χ0n) is 9.73. The molecule has 1 fully saturated rings. The third kappa shape index (κ3) is 1.54. The van der Waals surface area contributed by atoms with Crippen LogP contribution in [0.15, 0.2) is 23.2 Å². The van der Waals surface area contributed by atoms with E-state index in [-0.39, 0.29) is 0 Å². The van der Waals surface area contributed by atoms with Crippen molar-refractivity contribution in [2.24, 2.45) is 4.99 Å². The lowest BCUT2D eigenvalue weighted by atomic mass is 9.99. The summed E-state index contributed by atoms with van der Waals surface area (Å²) < 4.78 is 0. The van der Waals surface area contributed by atoms with E-state index in [1.807, 2.05) is 11.8 Å². The van der Waals surface area contributed by atoms with Gasteiger partial charge in [0.05, 0.1) is 11.8 Å². The Bertz CT molecular complexity index is 433. The first-order chi connectivity index (χ1) is 7.75. The third-order valence-corrected chi connectivity index (χ3v) is 4.65. The summed E-state index contributed by atoms with van der Waals surface area (Å²) in [5.74, 6) is 0. The molecule has 0 radical (unpaired) electrons. The normalized spacial score (nSPS) is 23.5. The van der Waals surface area contributed by atoms with E-state index in [1.165, 1.54) is 21.9 Å². The summed E-state index contributed by atoms with van der Waals surface area (Å²) in [5, 5.41) is 1.84. The first kappa shape index (κ1) is 10.2. The fraction of sp³-hybridized carbons (Fsp3) is 0.462. The van der Waals surface area contributed by atoms with Crippen LogP contribution in [0.4, 0.5) is 0 Å². The van der Waals surface area contributed by atoms with Gasteiger partial charge in [-0.15, -0.1) is 0 Å². The number of amidine groups is 1. The number of fused-ring (bicyclic) bond motifs is 1. The number of aliphatic imine (C=N–C) groups is 1. The van der Waals surface area contributed by atoms with Crippen LogP contribution in [0.3, 0.4) is 0 Å². The maximum absolute atomic E-state index is 4.54. The Morgan fingerprint density at radius 2 is 2.06 bits per heavy atom. The van der Waals surface area contributed by atoms with Crippen molar-refractivity contribution in [1.82, 2.24) is 4.90 Å². The standard InChI is InChI=1S/C13H16N2S/c1-9-4-3-5-10(2)12(9)11-8-15-7-6-14-13(15)16-11/h3-5,11H,6-8H2,1-2H3. The Hall–Kier alpha value is -0.960. The van der Waals surface area contributed by atoms with Crippen molar-refractivity contribution >= 4 is 16.9 Å². The highest BCUT2D eigenvalue weighted by Crippen LogP contribution is 2.41. The first-order valence-electron chi connectivity index (χ1n) is 5.78. The van der Waals surface area contributed by atoms with E-state index in [1.54, 1.807) is 0 Å². The van der Waals surface area contributed by atoms with Crippen LogP contribution in [0.1, 0.15) is 21.9 Å². The van der Waals surface area contributed by atoms with Gasteiger partial charge < -0.3 is 4.90 Å². The maximum Gasteiger partial charge on any atom is 0.160 e. The molecule has 1 aromatic rings. The van der Waals surface area contributed by atoms with Gasteiger partial charge in [0, 0.05) is 13.1 Å². The zero-order chi connectivity index (χ0) is 11.1. The number of benzene rings is 1. The van der Waals surface area contributed by atoms with Crippen molar-refractivity contribution in [3.05, 3.63) is 34.9 Å². The molecule has 1 atom stereocenters. The highest BCUT2D eigenvalue weighted by atomic mass is 32.2. The van der Waals surface area contributed by atoms with Crippen LogP contribution < -0.4 is 0 Å². The van der Waals surface area contributed by atoms with Gasteiger partial charge in [-0.1, -0.05) is 30.0 Å². The molecule has 3 heteroatoms. The van der Waals surface area contributed by atoms with Crippen molar-refractivity contribution in [3.63, 3.8) is 0 Å². The molecule has 0 N–H and O–H groups in total. The van der Waals surface area contributed by atoms with E-state index in [0.29, 0.717) is 5.25 Å². The van der Waals surface area contributed by atoms with Gasteiger partial charge in [0.25, 0.3) is 0 Å². The Labute approximate surface area is 101 Å². The number of rotatable bonds is 1. The summed E-state index contributed by atoms with van der Waals surface area (Å²) in [5.41, 5.74) is 4.35. The second kappa shape index (κ2) is 3.81. The quantitative estimate of drug-likeness (QED) is 0.740. The zero-order valence-corrected chi connectivity index (χ0v) is 10.5. The van der Waals surface area contributed by atoms with Gasteiger partial charge in [-0.25, -0.2) is 0 Å². The van der Waals surface area contributed by atoms with Gasteiger partial charge in [-0.2, -0.15) is 0 Å². The molecular weight excluding hydrogens is 216 g/mol. The lowest BCUT2D eigenvalue weighted by Gasteiger charge is -2.16. The number of hydrogen-bond acceptors (Lipinski definition) is 3. The molecule has 0 amide bonds. The topological polar surface area (TPSA) is 15.6 Å². The first-order valence-corrected chi connectivity index (χ1v) is 6.66. The summed E-state index contributed by atoms with van der Waals surface area (Å²) in [4.78, 5) is 6.96. The van der Waals surface area contributed by atoms with Gasteiger partial charge in [-0.05, 0) is 30.5 Å². The highest BCUT2D eigenvalue weighted by molar-refractivity contribution is 8.14. The van der Waals surface area contributed by atoms with Gasteiger partial charge in [0.15, 0.2) is 5.17 Å². The molecule has 84 valence electrons. The molecule has 0 aliphatic carbocycles. The van der Waals surface area contributed by atoms with Gasteiger partial charge in [0.2, 0.25) is 0 Å². The van der Waals surface area contributed by atoms with E-state index >= 15 is 0 Å². The van der Waals surface area contributed by atoms with Crippen LogP contribution in [0.25, 0.3) is 0 Å². The lowest BCUT2D eigenvalue weighted by molar-refractivity contribution is 0.475. The van der Waals surface area contributed by atoms with Crippen molar-refractivity contribution in [2.75, 3.05) is 19.6 Å². The molecule has 0 spiro atoms. The van der Waals surface area contributed by atoms with Crippen LogP contribution in [-0.4, -0.2) is 29.7 Å². The molecule has 1 saturated heterocycles. The third-order valence-electron chi connectivity index (χ3n) is 3.39. The number of hydrogen-bond donors (Lipinski definition) is 0. The average molecular weight is 232 g/mol. The SMILES string of the molecule is Cc1cccc(C)c1C1CN2CCN=C2S1. The summed E-state index contributed by atoms with van der Waals surface area (Å²) in [6.07, 6.45) is 0. The van der Waals surface area contributed by atoms with Crippen molar-refractivity contribution in [3.8, 4) is 0 Å². The van der Waals surface area contributed by atoms with Gasteiger partial charge >= 0.3 is 0 Å². The minimum atomic E-state index is 0.584. The van der Waals surface area contributed by atoms with E-state index in [2.05, 4.69) is 41.9 Å². The lowest BCUT2D eigenvalue weighted by Crippen LogP contribution is -2.21. The van der Waals surface area contributed by atoms with Crippen molar-refractivity contribution in [1.29, 1.82) is 0 Å². The summed E-state index contributed by atoms with van der Waals surface area (Å²) in [7, 11) is 0. The Kier molecular flexibility index (Phi) is 2.43. The van der Waals surface area contributed by atoms with Crippen LogP contribution in [0.2, 0.25) is 0 Å². The van der Waals surface area contributed by atoms with E-state index in [9.17, 15) is 0 Å². The van der Waals surface area contributed by atoms with Crippen molar-refractivity contribution in [2.45, 2.75) is 19.1 Å². The van der Waals surface area contributed by atoms with E-state index < -0.39 is 0 Å². The largest absolute Gasteiger partial charge is 0.348 e. The predicted octanol–water partition coefficient (Wildman–Crippen LogP) is 2.76. The Morgan fingerprint density at radius 3 is 2.75 bits per heavy atom. The molecule has 2 aliphatic heterocycles. The number of nitrogens with zero attached hydrogens (tertiary/aromatic N) is 2. The molecule has 3 rings (SSSR count). The van der Waals surface area contributed by atoms with E-state index in [0.717, 1.165) is 19.6 Å². The molecule has 16 heavy (non-hydrogen) atoms. The summed E-state index contributed by atoms with van der Waals surface area (Å²) in [6, 6.07) is 6.58. The van der Waals surface area contributed by atoms with E-state index in [4.69, 9.17) is 0 Å². The molecular formula is C13H16N2S. The van der Waals surface area contributed by atoms with Crippen molar-refractivity contribution < 1.29 is 0 Å². The average Bonchev–Trinajstić information content (AvgIpc) is 2.77. The molecule has 1 unspecified atom stereocenters. The number of thioether (sulfide) groups is 1. The predicted molar refractivity (Wildman–Crippen MR) is 70.1 cm³/mol. The number of aryl methyl sites for hydroxylation is 2. The summed E-state index contributed by atoms with van der Waals surface area (Å²) in [6.45, 7) is 7.67. The second-order valence-electron chi connectivity index (χ2n) is 4.52. The van der Waals surface area contributed by atoms with Crippen LogP contribution in [0, 0.1) is 13.8 Å². The van der Waals surface area contributed by atoms with Crippen LogP contribution >= 0.6 is 11.8 Å². The Balaban J connectivity index is 1.94.